The second-order valence-corrected chi connectivity index (χ2v) is 10.5. The van der Waals surface area contributed by atoms with E-state index in [1.165, 1.54) is 11.3 Å². The second kappa shape index (κ2) is 10.3. The van der Waals surface area contributed by atoms with Crippen LogP contribution in [0.1, 0.15) is 32.1 Å². The third-order valence-corrected chi connectivity index (χ3v) is 7.44. The SMILES string of the molecule is COCCn1c(=NC(=O)CS(=O)(=O)CC(=O)NC2CCCCC2)sc2ccccc21. The summed E-state index contributed by atoms with van der Waals surface area (Å²) < 4.78 is 32.6. The smallest absolute Gasteiger partial charge is 0.263 e. The predicted octanol–water partition coefficient (Wildman–Crippen LogP) is 1.64. The zero-order chi connectivity index (χ0) is 21.6. The van der Waals surface area contributed by atoms with E-state index in [0.29, 0.717) is 18.0 Å². The molecule has 2 amide bonds. The van der Waals surface area contributed by atoms with E-state index in [4.69, 9.17) is 4.74 Å². The first-order valence-corrected chi connectivity index (χ1v) is 12.7. The molecule has 1 aromatic carbocycles. The second-order valence-electron chi connectivity index (χ2n) is 7.44. The molecule has 1 aromatic heterocycles. The highest BCUT2D eigenvalue weighted by atomic mass is 32.2. The summed E-state index contributed by atoms with van der Waals surface area (Å²) in [4.78, 5) is 28.9. The molecule has 2 aromatic rings. The Morgan fingerprint density at radius 3 is 2.67 bits per heavy atom. The van der Waals surface area contributed by atoms with Crippen LogP contribution in [-0.2, 0) is 30.7 Å². The normalized spacial score (nSPS) is 16.1. The number of fused-ring (bicyclic) bond motifs is 1. The van der Waals surface area contributed by atoms with Gasteiger partial charge >= 0.3 is 0 Å². The first-order valence-electron chi connectivity index (χ1n) is 10.0. The Balaban J connectivity index is 1.70. The molecule has 0 radical (unpaired) electrons. The van der Waals surface area contributed by atoms with Gasteiger partial charge in [0.2, 0.25) is 5.91 Å². The highest BCUT2D eigenvalue weighted by Gasteiger charge is 2.23. The third-order valence-electron chi connectivity index (χ3n) is 4.99. The number of para-hydroxylation sites is 1. The number of aromatic nitrogens is 1. The molecule has 0 bridgehead atoms. The fourth-order valence-corrected chi connectivity index (χ4v) is 5.70. The number of thiazole rings is 1. The minimum absolute atomic E-state index is 0.0279. The molecule has 1 saturated carbocycles. The van der Waals surface area contributed by atoms with Crippen molar-refractivity contribution in [3.63, 3.8) is 0 Å². The van der Waals surface area contributed by atoms with Crippen molar-refractivity contribution in [2.75, 3.05) is 25.2 Å². The highest BCUT2D eigenvalue weighted by Crippen LogP contribution is 2.18. The lowest BCUT2D eigenvalue weighted by atomic mass is 9.95. The van der Waals surface area contributed by atoms with Gasteiger partial charge in [0, 0.05) is 19.7 Å². The molecule has 0 atom stereocenters. The predicted molar refractivity (Wildman–Crippen MR) is 116 cm³/mol. The maximum atomic E-state index is 12.4. The minimum atomic E-state index is -3.90. The van der Waals surface area contributed by atoms with Crippen molar-refractivity contribution in [1.29, 1.82) is 0 Å². The lowest BCUT2D eigenvalue weighted by Crippen LogP contribution is -2.40. The Morgan fingerprint density at radius 1 is 1.20 bits per heavy atom. The topological polar surface area (TPSA) is 107 Å². The van der Waals surface area contributed by atoms with Crippen LogP contribution in [0, 0.1) is 0 Å². The van der Waals surface area contributed by atoms with E-state index in [-0.39, 0.29) is 6.04 Å². The van der Waals surface area contributed by atoms with E-state index in [9.17, 15) is 18.0 Å². The average molecular weight is 454 g/mol. The lowest BCUT2D eigenvalue weighted by molar-refractivity contribution is -0.119. The monoisotopic (exact) mass is 453 g/mol. The van der Waals surface area contributed by atoms with Gasteiger partial charge in [-0.2, -0.15) is 4.99 Å². The summed E-state index contributed by atoms with van der Waals surface area (Å²) in [6.07, 6.45) is 4.95. The number of hydrogen-bond donors (Lipinski definition) is 1. The van der Waals surface area contributed by atoms with E-state index >= 15 is 0 Å². The third kappa shape index (κ3) is 6.23. The molecule has 0 spiro atoms. The minimum Gasteiger partial charge on any atom is -0.383 e. The fourth-order valence-electron chi connectivity index (χ4n) is 3.60. The van der Waals surface area contributed by atoms with E-state index in [1.807, 2.05) is 28.8 Å². The standard InChI is InChI=1S/C20H27N3O5S2/c1-28-12-11-23-16-9-5-6-10-17(16)29-20(23)22-19(25)14-30(26,27)13-18(24)21-15-7-3-2-4-8-15/h5-6,9-10,15H,2-4,7-8,11-14H2,1H3,(H,21,24). The number of carbonyl (C=O) groups excluding carboxylic acids is 2. The number of hydrogen-bond acceptors (Lipinski definition) is 6. The van der Waals surface area contributed by atoms with Crippen molar-refractivity contribution >= 4 is 43.2 Å². The maximum absolute atomic E-state index is 12.4. The zero-order valence-corrected chi connectivity index (χ0v) is 18.6. The van der Waals surface area contributed by atoms with E-state index in [2.05, 4.69) is 10.3 Å². The Kier molecular flexibility index (Phi) is 7.79. The Morgan fingerprint density at radius 2 is 1.93 bits per heavy atom. The quantitative estimate of drug-likeness (QED) is 0.654. The summed E-state index contributed by atoms with van der Waals surface area (Å²) in [5.41, 5.74) is 0.904. The van der Waals surface area contributed by atoms with Crippen LogP contribution in [0.25, 0.3) is 10.2 Å². The van der Waals surface area contributed by atoms with Gasteiger partial charge in [-0.1, -0.05) is 42.7 Å². The molecule has 8 nitrogen and oxygen atoms in total. The number of benzene rings is 1. The van der Waals surface area contributed by atoms with Gasteiger partial charge in [0.1, 0.15) is 11.5 Å². The average Bonchev–Trinajstić information content (AvgIpc) is 3.02. The van der Waals surface area contributed by atoms with Crippen molar-refractivity contribution in [2.45, 2.75) is 44.7 Å². The van der Waals surface area contributed by atoms with Crippen molar-refractivity contribution in [1.82, 2.24) is 9.88 Å². The number of methoxy groups -OCH3 is 1. The largest absolute Gasteiger partial charge is 0.383 e. The van der Waals surface area contributed by atoms with Gasteiger partial charge < -0.3 is 14.6 Å². The van der Waals surface area contributed by atoms with Crippen LogP contribution in [0.3, 0.4) is 0 Å². The molecular formula is C20H27N3O5S2. The molecule has 1 aliphatic carbocycles. The molecule has 1 N–H and O–H groups in total. The van der Waals surface area contributed by atoms with Crippen LogP contribution < -0.4 is 10.1 Å². The molecule has 0 aliphatic heterocycles. The fraction of sp³-hybridized carbons (Fsp3) is 0.550. The number of nitrogens with zero attached hydrogens (tertiary/aromatic N) is 2. The van der Waals surface area contributed by atoms with Gasteiger partial charge in [-0.15, -0.1) is 0 Å². The molecule has 164 valence electrons. The number of rotatable bonds is 8. The molecule has 0 saturated heterocycles. The molecule has 0 unspecified atom stereocenters. The molecule has 10 heteroatoms. The summed E-state index contributed by atoms with van der Waals surface area (Å²) in [6.45, 7) is 0.922. The first-order chi connectivity index (χ1) is 14.4. The lowest BCUT2D eigenvalue weighted by Gasteiger charge is -2.22. The molecule has 30 heavy (non-hydrogen) atoms. The Labute approximate surface area is 179 Å². The number of ether oxygens (including phenoxy) is 1. The van der Waals surface area contributed by atoms with Gasteiger partial charge in [0.05, 0.1) is 16.8 Å². The van der Waals surface area contributed by atoms with Crippen LogP contribution in [0.4, 0.5) is 0 Å². The van der Waals surface area contributed by atoms with Gasteiger partial charge in [-0.3, -0.25) is 9.59 Å². The number of amides is 2. The van der Waals surface area contributed by atoms with Crippen molar-refractivity contribution < 1.29 is 22.7 Å². The number of sulfone groups is 1. The van der Waals surface area contributed by atoms with Gasteiger partial charge in [0.15, 0.2) is 14.6 Å². The molecule has 1 aliphatic rings. The number of carbonyl (C=O) groups is 2. The van der Waals surface area contributed by atoms with Crippen LogP contribution in [0.2, 0.25) is 0 Å². The summed E-state index contributed by atoms with van der Waals surface area (Å²) in [5, 5.41) is 2.77. The summed E-state index contributed by atoms with van der Waals surface area (Å²) in [6, 6.07) is 7.64. The van der Waals surface area contributed by atoms with E-state index in [0.717, 1.165) is 42.3 Å². The van der Waals surface area contributed by atoms with Crippen LogP contribution in [-0.4, -0.2) is 56.1 Å². The first kappa shape index (κ1) is 22.6. The van der Waals surface area contributed by atoms with Crippen LogP contribution >= 0.6 is 11.3 Å². The summed E-state index contributed by atoms with van der Waals surface area (Å²) >= 11 is 1.31. The highest BCUT2D eigenvalue weighted by molar-refractivity contribution is 7.92. The molecule has 3 rings (SSSR count). The van der Waals surface area contributed by atoms with Crippen LogP contribution in [0.5, 0.6) is 0 Å². The van der Waals surface area contributed by atoms with E-state index < -0.39 is 33.2 Å². The van der Waals surface area contributed by atoms with Crippen molar-refractivity contribution in [3.05, 3.63) is 29.1 Å². The molecule has 1 heterocycles. The van der Waals surface area contributed by atoms with Crippen molar-refractivity contribution in [2.24, 2.45) is 4.99 Å². The van der Waals surface area contributed by atoms with Gasteiger partial charge in [0.25, 0.3) is 5.91 Å². The molecule has 1 fully saturated rings. The summed E-state index contributed by atoms with van der Waals surface area (Å²) in [7, 11) is -2.31. The Hall–Kier alpha value is -2.04. The van der Waals surface area contributed by atoms with Gasteiger partial charge in [-0.25, -0.2) is 8.42 Å². The summed E-state index contributed by atoms with van der Waals surface area (Å²) in [5.74, 6) is -2.81. The van der Waals surface area contributed by atoms with Crippen molar-refractivity contribution in [3.8, 4) is 0 Å². The van der Waals surface area contributed by atoms with Gasteiger partial charge in [-0.05, 0) is 25.0 Å². The maximum Gasteiger partial charge on any atom is 0.263 e. The zero-order valence-electron chi connectivity index (χ0n) is 17.0. The Bertz CT molecular complexity index is 1070. The molecular weight excluding hydrogens is 426 g/mol. The van der Waals surface area contributed by atoms with E-state index in [1.54, 1.807) is 7.11 Å². The number of nitrogens with one attached hydrogen (secondary N) is 1. The van der Waals surface area contributed by atoms with Crippen LogP contribution in [0.15, 0.2) is 29.3 Å².